The van der Waals surface area contributed by atoms with Crippen molar-refractivity contribution in [1.29, 1.82) is 0 Å². The van der Waals surface area contributed by atoms with E-state index in [0.717, 1.165) is 16.8 Å². The number of hydrogen-bond donors (Lipinski definition) is 1. The van der Waals surface area contributed by atoms with Crippen molar-refractivity contribution in [3.05, 3.63) is 94.5 Å². The smallest absolute Gasteiger partial charge is 0.255 e. The van der Waals surface area contributed by atoms with Crippen molar-refractivity contribution in [2.75, 3.05) is 16.0 Å². The number of amides is 2. The molecule has 0 spiro atoms. The van der Waals surface area contributed by atoms with Gasteiger partial charge < -0.3 is 5.32 Å². The van der Waals surface area contributed by atoms with Crippen LogP contribution in [0.25, 0.3) is 0 Å². The summed E-state index contributed by atoms with van der Waals surface area (Å²) in [6.07, 6.45) is 0. The van der Waals surface area contributed by atoms with Crippen LogP contribution in [0, 0.1) is 6.92 Å². The summed E-state index contributed by atoms with van der Waals surface area (Å²) in [6, 6.07) is 22.4. The maximum Gasteiger partial charge on any atom is 0.255 e. The van der Waals surface area contributed by atoms with E-state index in [1.54, 1.807) is 36.0 Å². The Morgan fingerprint density at radius 1 is 1.07 bits per heavy atom. The van der Waals surface area contributed by atoms with Gasteiger partial charge >= 0.3 is 0 Å². The number of carbonyl (C=O) groups excluding carboxylic acids is 2. The lowest BCUT2D eigenvalue weighted by Gasteiger charge is -2.25. The van der Waals surface area contributed by atoms with Gasteiger partial charge in [0, 0.05) is 22.0 Å². The molecule has 4 nitrogen and oxygen atoms in total. The first-order chi connectivity index (χ1) is 14.0. The van der Waals surface area contributed by atoms with Crippen molar-refractivity contribution in [3.8, 4) is 0 Å². The van der Waals surface area contributed by atoms with Crippen LogP contribution in [0.15, 0.2) is 72.8 Å². The highest BCUT2D eigenvalue weighted by Gasteiger charge is 2.34. The van der Waals surface area contributed by atoms with Crippen molar-refractivity contribution in [2.45, 2.75) is 12.3 Å². The number of nitrogens with one attached hydrogen (secondary N) is 1. The number of carbonyl (C=O) groups is 2. The number of rotatable bonds is 4. The van der Waals surface area contributed by atoms with E-state index in [0.29, 0.717) is 22.0 Å². The quantitative estimate of drug-likeness (QED) is 0.588. The first-order valence-corrected chi connectivity index (χ1v) is 10.6. The van der Waals surface area contributed by atoms with Crippen LogP contribution in [0.5, 0.6) is 0 Å². The standard InChI is InChI=1S/C23H19ClN2O2S/c1-15-4-2-7-20(12-15)26-21(27)14-29-23(26)16-8-10-19(11-9-16)25-22(28)17-5-3-6-18(24)13-17/h2-13,23H,14H2,1H3,(H,25,28). The van der Waals surface area contributed by atoms with E-state index in [4.69, 9.17) is 11.6 Å². The van der Waals surface area contributed by atoms with E-state index in [1.165, 1.54) is 0 Å². The molecule has 1 aliphatic rings. The third kappa shape index (κ3) is 4.31. The van der Waals surface area contributed by atoms with Crippen molar-refractivity contribution < 1.29 is 9.59 Å². The molecule has 1 N–H and O–H groups in total. The Balaban J connectivity index is 1.52. The zero-order valence-electron chi connectivity index (χ0n) is 15.8. The van der Waals surface area contributed by atoms with E-state index in [1.807, 2.05) is 60.4 Å². The van der Waals surface area contributed by atoms with Gasteiger partial charge in [-0.1, -0.05) is 41.9 Å². The molecule has 0 aromatic heterocycles. The molecular formula is C23H19ClN2O2S. The average Bonchev–Trinajstić information content (AvgIpc) is 3.10. The molecule has 1 unspecified atom stereocenters. The van der Waals surface area contributed by atoms with Crippen LogP contribution < -0.4 is 10.2 Å². The Morgan fingerprint density at radius 2 is 1.83 bits per heavy atom. The number of hydrogen-bond acceptors (Lipinski definition) is 3. The highest BCUT2D eigenvalue weighted by molar-refractivity contribution is 8.00. The molecule has 0 bridgehead atoms. The van der Waals surface area contributed by atoms with Gasteiger partial charge in [-0.2, -0.15) is 0 Å². The minimum atomic E-state index is -0.216. The van der Waals surface area contributed by atoms with Gasteiger partial charge in [-0.3, -0.25) is 14.5 Å². The first kappa shape index (κ1) is 19.6. The number of benzene rings is 3. The van der Waals surface area contributed by atoms with Gasteiger partial charge in [0.2, 0.25) is 5.91 Å². The molecule has 1 saturated heterocycles. The largest absolute Gasteiger partial charge is 0.322 e. The molecule has 3 aromatic carbocycles. The highest BCUT2D eigenvalue weighted by Crippen LogP contribution is 2.42. The van der Waals surface area contributed by atoms with E-state index >= 15 is 0 Å². The summed E-state index contributed by atoms with van der Waals surface area (Å²) in [7, 11) is 0. The predicted octanol–water partition coefficient (Wildman–Crippen LogP) is 5.68. The van der Waals surface area contributed by atoms with Crippen LogP contribution in [0.4, 0.5) is 11.4 Å². The summed E-state index contributed by atoms with van der Waals surface area (Å²) in [5.74, 6) is 0.335. The van der Waals surface area contributed by atoms with Crippen LogP contribution in [-0.2, 0) is 4.79 Å². The summed E-state index contributed by atoms with van der Waals surface area (Å²) in [5, 5.41) is 3.32. The van der Waals surface area contributed by atoms with Crippen molar-refractivity contribution in [3.63, 3.8) is 0 Å². The lowest BCUT2D eigenvalue weighted by molar-refractivity contribution is -0.115. The maximum absolute atomic E-state index is 12.5. The molecule has 1 fully saturated rings. The molecule has 1 aliphatic heterocycles. The fourth-order valence-electron chi connectivity index (χ4n) is 3.29. The zero-order valence-corrected chi connectivity index (χ0v) is 17.3. The first-order valence-electron chi connectivity index (χ1n) is 9.18. The van der Waals surface area contributed by atoms with Crippen molar-refractivity contribution >= 4 is 46.6 Å². The summed E-state index contributed by atoms with van der Waals surface area (Å²) >= 11 is 7.56. The second-order valence-electron chi connectivity index (χ2n) is 6.85. The summed E-state index contributed by atoms with van der Waals surface area (Å²) in [6.45, 7) is 2.02. The second-order valence-corrected chi connectivity index (χ2v) is 8.36. The van der Waals surface area contributed by atoms with Crippen LogP contribution in [0.3, 0.4) is 0 Å². The molecule has 2 amide bonds. The molecule has 0 radical (unpaired) electrons. The molecule has 0 saturated carbocycles. The minimum absolute atomic E-state index is 0.0815. The van der Waals surface area contributed by atoms with E-state index < -0.39 is 0 Å². The summed E-state index contributed by atoms with van der Waals surface area (Å²) in [4.78, 5) is 26.7. The van der Waals surface area contributed by atoms with Gasteiger partial charge in [0.15, 0.2) is 0 Å². The Kier molecular flexibility index (Phi) is 5.60. The Bertz CT molecular complexity index is 1070. The molecule has 1 atom stereocenters. The molecule has 0 aliphatic carbocycles. The zero-order chi connectivity index (χ0) is 20.4. The third-order valence-electron chi connectivity index (χ3n) is 4.69. The van der Waals surface area contributed by atoms with Crippen LogP contribution in [0.1, 0.15) is 26.9 Å². The van der Waals surface area contributed by atoms with E-state index in [9.17, 15) is 9.59 Å². The van der Waals surface area contributed by atoms with Crippen LogP contribution in [-0.4, -0.2) is 17.6 Å². The van der Waals surface area contributed by atoms with Gasteiger partial charge in [0.1, 0.15) is 5.37 Å². The van der Waals surface area contributed by atoms with Gasteiger partial charge in [0.25, 0.3) is 5.91 Å². The second kappa shape index (κ2) is 8.31. The maximum atomic E-state index is 12.5. The van der Waals surface area contributed by atoms with Crippen molar-refractivity contribution in [2.24, 2.45) is 0 Å². The highest BCUT2D eigenvalue weighted by atomic mass is 35.5. The topological polar surface area (TPSA) is 49.4 Å². The number of aryl methyl sites for hydroxylation is 1. The lowest BCUT2D eigenvalue weighted by Crippen LogP contribution is -2.27. The van der Waals surface area contributed by atoms with Crippen LogP contribution in [0.2, 0.25) is 5.02 Å². The number of anilines is 2. The van der Waals surface area contributed by atoms with Gasteiger partial charge in [-0.15, -0.1) is 11.8 Å². The lowest BCUT2D eigenvalue weighted by atomic mass is 10.1. The van der Waals surface area contributed by atoms with Gasteiger partial charge in [-0.05, 0) is 60.5 Å². The van der Waals surface area contributed by atoms with Crippen molar-refractivity contribution in [1.82, 2.24) is 0 Å². The summed E-state index contributed by atoms with van der Waals surface area (Å²) < 4.78 is 0. The Labute approximate surface area is 178 Å². The molecular weight excluding hydrogens is 404 g/mol. The minimum Gasteiger partial charge on any atom is -0.322 e. The molecule has 29 heavy (non-hydrogen) atoms. The number of nitrogens with zero attached hydrogens (tertiary/aromatic N) is 1. The van der Waals surface area contributed by atoms with Gasteiger partial charge in [-0.25, -0.2) is 0 Å². The molecule has 146 valence electrons. The normalized spacial score (nSPS) is 16.1. The SMILES string of the molecule is Cc1cccc(N2C(=O)CSC2c2ccc(NC(=O)c3cccc(Cl)c3)cc2)c1. The average molecular weight is 423 g/mol. The van der Waals surface area contributed by atoms with Crippen LogP contribution >= 0.6 is 23.4 Å². The van der Waals surface area contributed by atoms with Gasteiger partial charge in [0.05, 0.1) is 5.75 Å². The predicted molar refractivity (Wildman–Crippen MR) is 120 cm³/mol. The molecule has 6 heteroatoms. The monoisotopic (exact) mass is 422 g/mol. The third-order valence-corrected chi connectivity index (χ3v) is 6.14. The fraction of sp³-hybridized carbons (Fsp3) is 0.130. The number of halogens is 1. The molecule has 3 aromatic rings. The number of thioether (sulfide) groups is 1. The van der Waals surface area contributed by atoms with E-state index in [2.05, 4.69) is 5.32 Å². The Morgan fingerprint density at radius 3 is 2.55 bits per heavy atom. The molecule has 1 heterocycles. The molecule has 4 rings (SSSR count). The fourth-order valence-corrected chi connectivity index (χ4v) is 4.66. The Hall–Kier alpha value is -2.76. The summed E-state index contributed by atoms with van der Waals surface area (Å²) in [5.41, 5.74) is 4.23. The van der Waals surface area contributed by atoms with E-state index in [-0.39, 0.29) is 17.2 Å².